The summed E-state index contributed by atoms with van der Waals surface area (Å²) in [5.74, 6) is 0. The quantitative estimate of drug-likeness (QED) is 0.273. The third-order valence-electron chi connectivity index (χ3n) is 5.95. The molecule has 164 valence electrons. The Bertz CT molecular complexity index is 1500. The molecule has 0 unspecified atom stereocenters. The maximum atomic E-state index is 10.1. The molecule has 0 saturated heterocycles. The largest absolute Gasteiger partial charge is 0.310 e. The molecule has 0 N–H and O–H groups in total. The first kappa shape index (κ1) is 21.7. The van der Waals surface area contributed by atoms with Crippen LogP contribution >= 0.6 is 0 Å². The molecule has 0 aliphatic carbocycles. The third kappa shape index (κ3) is 4.27. The Morgan fingerprint density at radius 2 is 0.943 bits per heavy atom. The summed E-state index contributed by atoms with van der Waals surface area (Å²) in [4.78, 5) is 2.19. The molecule has 0 heterocycles. The van der Waals surface area contributed by atoms with E-state index in [-0.39, 0.29) is 0 Å². The monoisotopic (exact) mass is 447 g/mol. The number of rotatable bonds is 5. The lowest BCUT2D eigenvalue weighted by Crippen LogP contribution is -2.11. The van der Waals surface area contributed by atoms with Crippen molar-refractivity contribution in [3.8, 4) is 34.4 Å². The van der Waals surface area contributed by atoms with Crippen LogP contribution in [0.4, 0.5) is 17.1 Å². The van der Waals surface area contributed by atoms with Gasteiger partial charge in [-0.25, -0.2) is 0 Å². The van der Waals surface area contributed by atoms with E-state index in [1.54, 1.807) is 6.07 Å². The summed E-state index contributed by atoms with van der Waals surface area (Å²) in [6.07, 6.45) is 0. The van der Waals surface area contributed by atoms with Crippen LogP contribution in [0.5, 0.6) is 0 Å². The Morgan fingerprint density at radius 3 is 1.51 bits per heavy atom. The molecule has 0 spiro atoms. The van der Waals surface area contributed by atoms with Crippen LogP contribution in [-0.2, 0) is 0 Å². The van der Waals surface area contributed by atoms with E-state index in [9.17, 15) is 10.5 Å². The first-order valence-corrected chi connectivity index (χ1v) is 11.3. The molecule has 35 heavy (non-hydrogen) atoms. The van der Waals surface area contributed by atoms with Crippen molar-refractivity contribution >= 4 is 17.1 Å². The molecule has 0 aromatic heterocycles. The number of anilines is 3. The number of hydrogen-bond acceptors (Lipinski definition) is 3. The van der Waals surface area contributed by atoms with Gasteiger partial charge in [0, 0.05) is 28.1 Å². The number of para-hydroxylation sites is 3. The predicted octanol–water partition coefficient (Wildman–Crippen LogP) is 8.23. The van der Waals surface area contributed by atoms with Crippen LogP contribution in [0.3, 0.4) is 0 Å². The molecule has 0 bridgehead atoms. The van der Waals surface area contributed by atoms with E-state index in [1.165, 1.54) is 0 Å². The van der Waals surface area contributed by atoms with Crippen LogP contribution < -0.4 is 4.90 Å². The lowest BCUT2D eigenvalue weighted by atomic mass is 9.90. The van der Waals surface area contributed by atoms with Crippen molar-refractivity contribution in [2.75, 3.05) is 4.90 Å². The SMILES string of the molecule is N#Cc1cc(C#N)c(-c2ccccc2N(c2ccccc2)c2ccccc2)cc1-c1ccccc1. The van der Waals surface area contributed by atoms with Gasteiger partial charge in [-0.05, 0) is 48.0 Å². The maximum absolute atomic E-state index is 10.1. The molecule has 0 atom stereocenters. The molecule has 5 aromatic carbocycles. The molecule has 0 fully saturated rings. The summed E-state index contributed by atoms with van der Waals surface area (Å²) in [5, 5.41) is 19.9. The summed E-state index contributed by atoms with van der Waals surface area (Å²) in [5.41, 5.74) is 7.38. The zero-order valence-corrected chi connectivity index (χ0v) is 19.0. The molecule has 3 heteroatoms. The molecule has 3 nitrogen and oxygen atoms in total. The normalized spacial score (nSPS) is 10.2. The minimum absolute atomic E-state index is 0.467. The molecular weight excluding hydrogens is 426 g/mol. The van der Waals surface area contributed by atoms with Crippen LogP contribution in [-0.4, -0.2) is 0 Å². The smallest absolute Gasteiger partial charge is 0.0998 e. The highest BCUT2D eigenvalue weighted by Crippen LogP contribution is 2.42. The Morgan fingerprint density at radius 1 is 0.457 bits per heavy atom. The molecule has 0 aliphatic rings. The highest BCUT2D eigenvalue weighted by Gasteiger charge is 2.20. The van der Waals surface area contributed by atoms with Gasteiger partial charge in [0.1, 0.15) is 0 Å². The van der Waals surface area contributed by atoms with Gasteiger partial charge in [-0.3, -0.25) is 0 Å². The molecular formula is C32H21N3. The summed E-state index contributed by atoms with van der Waals surface area (Å²) < 4.78 is 0. The van der Waals surface area contributed by atoms with E-state index in [4.69, 9.17) is 0 Å². The Hall–Kier alpha value is -5.12. The highest BCUT2D eigenvalue weighted by molar-refractivity contribution is 5.92. The van der Waals surface area contributed by atoms with Gasteiger partial charge in [-0.15, -0.1) is 0 Å². The maximum Gasteiger partial charge on any atom is 0.0998 e. The van der Waals surface area contributed by atoms with Gasteiger partial charge >= 0.3 is 0 Å². The van der Waals surface area contributed by atoms with E-state index in [2.05, 4.69) is 47.4 Å². The van der Waals surface area contributed by atoms with Gasteiger partial charge in [0.25, 0.3) is 0 Å². The van der Waals surface area contributed by atoms with Crippen molar-refractivity contribution < 1.29 is 0 Å². The fourth-order valence-electron chi connectivity index (χ4n) is 4.34. The van der Waals surface area contributed by atoms with Gasteiger partial charge in [-0.2, -0.15) is 10.5 Å². The molecule has 5 aromatic rings. The minimum Gasteiger partial charge on any atom is -0.310 e. The first-order chi connectivity index (χ1) is 17.3. The fraction of sp³-hybridized carbons (Fsp3) is 0. The lowest BCUT2D eigenvalue weighted by molar-refractivity contribution is 1.28. The van der Waals surface area contributed by atoms with E-state index >= 15 is 0 Å². The van der Waals surface area contributed by atoms with Crippen molar-refractivity contribution in [3.05, 3.63) is 139 Å². The van der Waals surface area contributed by atoms with Crippen LogP contribution in [0.2, 0.25) is 0 Å². The number of hydrogen-bond donors (Lipinski definition) is 0. The van der Waals surface area contributed by atoms with Gasteiger partial charge in [0.2, 0.25) is 0 Å². The Labute approximate surface area is 205 Å². The molecule has 5 rings (SSSR count). The van der Waals surface area contributed by atoms with Crippen molar-refractivity contribution in [1.82, 2.24) is 0 Å². The zero-order chi connectivity index (χ0) is 24.0. The van der Waals surface area contributed by atoms with Crippen LogP contribution in [0.1, 0.15) is 11.1 Å². The summed E-state index contributed by atoms with van der Waals surface area (Å²) in [7, 11) is 0. The van der Waals surface area contributed by atoms with E-state index < -0.39 is 0 Å². The highest BCUT2D eigenvalue weighted by atomic mass is 15.1. The van der Waals surface area contributed by atoms with Crippen molar-refractivity contribution in [1.29, 1.82) is 10.5 Å². The lowest BCUT2D eigenvalue weighted by Gasteiger charge is -2.28. The minimum atomic E-state index is 0.467. The number of benzene rings is 5. The van der Waals surface area contributed by atoms with Gasteiger partial charge in [0.05, 0.1) is 29.0 Å². The number of nitrogens with zero attached hydrogens (tertiary/aromatic N) is 3. The zero-order valence-electron chi connectivity index (χ0n) is 19.0. The second-order valence-electron chi connectivity index (χ2n) is 8.06. The van der Waals surface area contributed by atoms with Gasteiger partial charge < -0.3 is 4.90 Å². The van der Waals surface area contributed by atoms with E-state index in [1.807, 2.05) is 91.0 Å². The molecule has 0 radical (unpaired) electrons. The summed E-state index contributed by atoms with van der Waals surface area (Å²) in [6, 6.07) is 46.5. The van der Waals surface area contributed by atoms with Gasteiger partial charge in [0.15, 0.2) is 0 Å². The topological polar surface area (TPSA) is 50.8 Å². The standard InChI is InChI=1S/C32H21N3/c33-22-25-20-26(23-34)31(21-30(25)24-12-4-1-5-13-24)29-18-10-11-19-32(29)35(27-14-6-2-7-15-27)28-16-8-3-9-17-28/h1-21H. The number of nitriles is 2. The predicted molar refractivity (Wildman–Crippen MR) is 141 cm³/mol. The first-order valence-electron chi connectivity index (χ1n) is 11.3. The summed E-state index contributed by atoms with van der Waals surface area (Å²) >= 11 is 0. The second-order valence-corrected chi connectivity index (χ2v) is 8.06. The summed E-state index contributed by atoms with van der Waals surface area (Å²) in [6.45, 7) is 0. The van der Waals surface area contributed by atoms with E-state index in [0.717, 1.165) is 39.3 Å². The van der Waals surface area contributed by atoms with Crippen LogP contribution in [0, 0.1) is 22.7 Å². The molecule has 0 amide bonds. The van der Waals surface area contributed by atoms with Crippen molar-refractivity contribution in [3.63, 3.8) is 0 Å². The van der Waals surface area contributed by atoms with Gasteiger partial charge in [-0.1, -0.05) is 84.9 Å². The van der Waals surface area contributed by atoms with Crippen LogP contribution in [0.15, 0.2) is 127 Å². The van der Waals surface area contributed by atoms with Crippen molar-refractivity contribution in [2.24, 2.45) is 0 Å². The van der Waals surface area contributed by atoms with Crippen molar-refractivity contribution in [2.45, 2.75) is 0 Å². The Kier molecular flexibility index (Phi) is 6.07. The Balaban J connectivity index is 1.78. The average molecular weight is 448 g/mol. The van der Waals surface area contributed by atoms with Crippen LogP contribution in [0.25, 0.3) is 22.3 Å². The molecule has 0 aliphatic heterocycles. The average Bonchev–Trinajstić information content (AvgIpc) is 2.94. The second kappa shape index (κ2) is 9.79. The fourth-order valence-corrected chi connectivity index (χ4v) is 4.34. The molecule has 0 saturated carbocycles. The van der Waals surface area contributed by atoms with E-state index in [0.29, 0.717) is 11.1 Å². The third-order valence-corrected chi connectivity index (χ3v) is 5.95.